The van der Waals surface area contributed by atoms with Crippen molar-refractivity contribution >= 4 is 28.7 Å². The molecule has 0 spiro atoms. The third kappa shape index (κ3) is 2.19. The van der Waals surface area contributed by atoms with Crippen LogP contribution in [-0.2, 0) is 0 Å². The molecule has 0 amide bonds. The number of halogens is 1. The first-order valence-electron chi connectivity index (χ1n) is 6.56. The minimum Gasteiger partial charge on any atom is -0.423 e. The monoisotopic (exact) mass is 264 g/mol. The SMILES string of the molecule is ClCC1CCCCCN1c1nc2ccccc2o1. The van der Waals surface area contributed by atoms with Crippen molar-refractivity contribution in [2.45, 2.75) is 31.7 Å². The minimum absolute atomic E-state index is 0.349. The lowest BCUT2D eigenvalue weighted by atomic mass is 10.1. The van der Waals surface area contributed by atoms with Crippen LogP contribution in [0, 0.1) is 0 Å². The molecule has 1 aromatic carbocycles. The van der Waals surface area contributed by atoms with Gasteiger partial charge in [0.2, 0.25) is 0 Å². The Balaban J connectivity index is 1.95. The number of alkyl halides is 1. The summed E-state index contributed by atoms with van der Waals surface area (Å²) in [6, 6.07) is 8.97. The predicted molar refractivity (Wildman–Crippen MR) is 74.3 cm³/mol. The highest BCUT2D eigenvalue weighted by atomic mass is 35.5. The molecule has 1 aliphatic rings. The van der Waals surface area contributed by atoms with Crippen LogP contribution in [0.1, 0.15) is 25.7 Å². The third-order valence-electron chi connectivity index (χ3n) is 3.58. The topological polar surface area (TPSA) is 29.3 Å². The van der Waals surface area contributed by atoms with E-state index in [1.165, 1.54) is 19.3 Å². The number of hydrogen-bond donors (Lipinski definition) is 0. The molecule has 1 unspecified atom stereocenters. The van der Waals surface area contributed by atoms with Crippen LogP contribution in [0.15, 0.2) is 28.7 Å². The van der Waals surface area contributed by atoms with E-state index >= 15 is 0 Å². The van der Waals surface area contributed by atoms with Gasteiger partial charge in [-0.1, -0.05) is 25.0 Å². The standard InChI is InChI=1S/C14H17ClN2O/c15-10-11-6-2-1-5-9-17(11)14-16-12-7-3-4-8-13(12)18-14/h3-4,7-8,11H,1-2,5-6,9-10H2. The van der Waals surface area contributed by atoms with Crippen LogP contribution in [0.2, 0.25) is 0 Å². The van der Waals surface area contributed by atoms with Gasteiger partial charge in [-0.05, 0) is 25.0 Å². The van der Waals surface area contributed by atoms with Gasteiger partial charge in [0, 0.05) is 18.5 Å². The number of hydrogen-bond acceptors (Lipinski definition) is 3. The number of nitrogens with zero attached hydrogens (tertiary/aromatic N) is 2. The first kappa shape index (κ1) is 11.8. The van der Waals surface area contributed by atoms with E-state index in [2.05, 4.69) is 9.88 Å². The molecule has 0 N–H and O–H groups in total. The number of rotatable bonds is 2. The zero-order valence-electron chi connectivity index (χ0n) is 10.3. The van der Waals surface area contributed by atoms with E-state index in [9.17, 15) is 0 Å². The zero-order chi connectivity index (χ0) is 12.4. The van der Waals surface area contributed by atoms with E-state index in [1.54, 1.807) is 0 Å². The molecule has 1 aromatic heterocycles. The quantitative estimate of drug-likeness (QED) is 0.773. The van der Waals surface area contributed by atoms with Crippen molar-refractivity contribution in [3.8, 4) is 0 Å². The van der Waals surface area contributed by atoms with Gasteiger partial charge in [-0.15, -0.1) is 11.6 Å². The highest BCUT2D eigenvalue weighted by Crippen LogP contribution is 2.27. The van der Waals surface area contributed by atoms with Crippen LogP contribution in [0.25, 0.3) is 11.1 Å². The number of para-hydroxylation sites is 2. The van der Waals surface area contributed by atoms with Crippen LogP contribution >= 0.6 is 11.6 Å². The zero-order valence-corrected chi connectivity index (χ0v) is 11.1. The molecule has 18 heavy (non-hydrogen) atoms. The lowest BCUT2D eigenvalue weighted by molar-refractivity contribution is 0.525. The number of aromatic nitrogens is 1. The smallest absolute Gasteiger partial charge is 0.298 e. The van der Waals surface area contributed by atoms with E-state index in [0.29, 0.717) is 11.9 Å². The molecule has 1 atom stereocenters. The summed E-state index contributed by atoms with van der Waals surface area (Å²) in [5.41, 5.74) is 1.77. The van der Waals surface area contributed by atoms with E-state index in [4.69, 9.17) is 16.0 Å². The highest BCUT2D eigenvalue weighted by Gasteiger charge is 2.24. The Morgan fingerprint density at radius 1 is 1.28 bits per heavy atom. The van der Waals surface area contributed by atoms with Crippen molar-refractivity contribution in [2.24, 2.45) is 0 Å². The summed E-state index contributed by atoms with van der Waals surface area (Å²) in [5.74, 6) is 0.638. The maximum Gasteiger partial charge on any atom is 0.298 e. The van der Waals surface area contributed by atoms with Gasteiger partial charge in [0.05, 0.1) is 0 Å². The molecule has 0 aliphatic carbocycles. The molecule has 0 saturated carbocycles. The summed E-state index contributed by atoms with van der Waals surface area (Å²) in [6.45, 7) is 0.990. The third-order valence-corrected chi connectivity index (χ3v) is 3.94. The van der Waals surface area contributed by atoms with Crippen molar-refractivity contribution in [1.82, 2.24) is 4.98 Å². The van der Waals surface area contributed by atoms with Gasteiger partial charge >= 0.3 is 0 Å². The second kappa shape index (κ2) is 5.19. The lowest BCUT2D eigenvalue weighted by Gasteiger charge is -2.26. The van der Waals surface area contributed by atoms with Gasteiger partial charge in [0.25, 0.3) is 6.01 Å². The maximum absolute atomic E-state index is 6.09. The Kier molecular flexibility index (Phi) is 3.41. The fourth-order valence-corrected chi connectivity index (χ4v) is 2.89. The molecule has 3 nitrogen and oxygen atoms in total. The summed E-state index contributed by atoms with van der Waals surface area (Å²) < 4.78 is 5.85. The first-order chi connectivity index (χ1) is 8.88. The predicted octanol–water partition coefficient (Wildman–Crippen LogP) is 3.82. The van der Waals surface area contributed by atoms with Crippen molar-refractivity contribution in [1.29, 1.82) is 0 Å². The Morgan fingerprint density at radius 2 is 2.17 bits per heavy atom. The van der Waals surface area contributed by atoms with E-state index < -0.39 is 0 Å². The Bertz CT molecular complexity index is 492. The summed E-state index contributed by atoms with van der Waals surface area (Å²) in [5, 5.41) is 0. The summed E-state index contributed by atoms with van der Waals surface area (Å²) in [4.78, 5) is 6.81. The van der Waals surface area contributed by atoms with Crippen LogP contribution in [0.4, 0.5) is 6.01 Å². The van der Waals surface area contributed by atoms with E-state index in [-0.39, 0.29) is 0 Å². The lowest BCUT2D eigenvalue weighted by Crippen LogP contribution is -2.36. The average molecular weight is 265 g/mol. The van der Waals surface area contributed by atoms with Gasteiger partial charge in [-0.3, -0.25) is 0 Å². The average Bonchev–Trinajstić information content (AvgIpc) is 2.68. The first-order valence-corrected chi connectivity index (χ1v) is 7.10. The second-order valence-corrected chi connectivity index (χ2v) is 5.12. The molecule has 1 aliphatic heterocycles. The fourth-order valence-electron chi connectivity index (χ4n) is 2.57. The van der Waals surface area contributed by atoms with Crippen LogP contribution in [-0.4, -0.2) is 23.5 Å². The maximum atomic E-state index is 6.09. The molecule has 0 radical (unpaired) electrons. The van der Waals surface area contributed by atoms with Crippen molar-refractivity contribution in [2.75, 3.05) is 17.3 Å². The Morgan fingerprint density at radius 3 is 3.00 bits per heavy atom. The number of oxazole rings is 1. The summed E-state index contributed by atoms with van der Waals surface area (Å²) >= 11 is 6.09. The number of anilines is 1. The summed E-state index contributed by atoms with van der Waals surface area (Å²) in [6.07, 6.45) is 4.83. The largest absolute Gasteiger partial charge is 0.423 e. The van der Waals surface area contributed by atoms with Crippen LogP contribution in [0.5, 0.6) is 0 Å². The highest BCUT2D eigenvalue weighted by molar-refractivity contribution is 6.18. The summed E-state index contributed by atoms with van der Waals surface area (Å²) in [7, 11) is 0. The molecule has 96 valence electrons. The Hall–Kier alpha value is -1.22. The molecule has 1 fully saturated rings. The molecule has 2 aromatic rings. The number of benzene rings is 1. The molecular weight excluding hydrogens is 248 g/mol. The van der Waals surface area contributed by atoms with Gasteiger partial charge < -0.3 is 9.32 Å². The molecule has 1 saturated heterocycles. The van der Waals surface area contributed by atoms with Gasteiger partial charge in [-0.25, -0.2) is 0 Å². The fraction of sp³-hybridized carbons (Fsp3) is 0.500. The molecule has 3 rings (SSSR count). The van der Waals surface area contributed by atoms with Gasteiger partial charge in [-0.2, -0.15) is 4.98 Å². The minimum atomic E-state index is 0.349. The van der Waals surface area contributed by atoms with E-state index in [0.717, 1.165) is 30.1 Å². The molecule has 0 bridgehead atoms. The molecule has 4 heteroatoms. The van der Waals surface area contributed by atoms with Gasteiger partial charge in [0.1, 0.15) is 5.52 Å². The van der Waals surface area contributed by atoms with Crippen LogP contribution in [0.3, 0.4) is 0 Å². The van der Waals surface area contributed by atoms with E-state index in [1.807, 2.05) is 24.3 Å². The second-order valence-electron chi connectivity index (χ2n) is 4.82. The molecular formula is C14H17ClN2O. The van der Waals surface area contributed by atoms with Crippen LogP contribution < -0.4 is 4.90 Å². The molecule has 2 heterocycles. The Labute approximate surface area is 112 Å². The number of fused-ring (bicyclic) bond motifs is 1. The normalized spacial score (nSPS) is 21.2. The van der Waals surface area contributed by atoms with Crippen molar-refractivity contribution in [3.63, 3.8) is 0 Å². The van der Waals surface area contributed by atoms with Crippen molar-refractivity contribution in [3.05, 3.63) is 24.3 Å². The van der Waals surface area contributed by atoms with Crippen molar-refractivity contribution < 1.29 is 4.42 Å². The van der Waals surface area contributed by atoms with Gasteiger partial charge in [0.15, 0.2) is 5.58 Å².